The fourth-order valence-corrected chi connectivity index (χ4v) is 2.81. The van der Waals surface area contributed by atoms with Gasteiger partial charge in [-0.3, -0.25) is 19.1 Å². The van der Waals surface area contributed by atoms with Crippen LogP contribution in [0.25, 0.3) is 0 Å². The Morgan fingerprint density at radius 2 is 1.83 bits per heavy atom. The van der Waals surface area contributed by atoms with E-state index in [2.05, 4.69) is 21.0 Å². The molecule has 3 N–H and O–H groups in total. The third kappa shape index (κ3) is 5.89. The van der Waals surface area contributed by atoms with Crippen LogP contribution in [0.4, 0.5) is 5.69 Å². The summed E-state index contributed by atoms with van der Waals surface area (Å²) in [6.07, 6.45) is 0.673. The average Bonchev–Trinajstić information content (AvgIpc) is 2.95. The molecule has 3 amide bonds. The molecule has 29 heavy (non-hydrogen) atoms. The van der Waals surface area contributed by atoms with Gasteiger partial charge in [-0.1, -0.05) is 12.1 Å². The number of rotatable bonds is 8. The molecule has 0 saturated heterocycles. The van der Waals surface area contributed by atoms with Gasteiger partial charge in [-0.2, -0.15) is 5.10 Å². The van der Waals surface area contributed by atoms with E-state index in [1.54, 1.807) is 36.1 Å². The maximum absolute atomic E-state index is 12.4. The number of nitrogens with zero attached hydrogens (tertiary/aromatic N) is 2. The fourth-order valence-electron chi connectivity index (χ4n) is 2.81. The first-order valence-corrected chi connectivity index (χ1v) is 9.29. The Labute approximate surface area is 169 Å². The SMILES string of the molecule is COCCCNC(=O)c1ccccc1NC(=O)C(=O)NCc1c(C)nn(C)c1C. The summed E-state index contributed by atoms with van der Waals surface area (Å²) in [4.78, 5) is 36.9. The number of aryl methyl sites for hydroxylation is 2. The van der Waals surface area contributed by atoms with E-state index in [4.69, 9.17) is 4.74 Å². The molecule has 0 unspecified atom stereocenters. The second-order valence-electron chi connectivity index (χ2n) is 6.56. The topological polar surface area (TPSA) is 114 Å². The lowest BCUT2D eigenvalue weighted by atomic mass is 10.1. The summed E-state index contributed by atoms with van der Waals surface area (Å²) in [6.45, 7) is 4.91. The van der Waals surface area contributed by atoms with Gasteiger partial charge in [0.25, 0.3) is 5.91 Å². The predicted octanol–water partition coefficient (Wildman–Crippen LogP) is 1.06. The van der Waals surface area contributed by atoms with Crippen molar-refractivity contribution in [2.75, 3.05) is 25.6 Å². The zero-order chi connectivity index (χ0) is 21.4. The van der Waals surface area contributed by atoms with Gasteiger partial charge >= 0.3 is 11.8 Å². The Hall–Kier alpha value is -3.20. The van der Waals surface area contributed by atoms with Gasteiger partial charge in [0, 0.05) is 45.1 Å². The molecule has 0 saturated carbocycles. The molecule has 9 heteroatoms. The second kappa shape index (κ2) is 10.4. The highest BCUT2D eigenvalue weighted by atomic mass is 16.5. The highest BCUT2D eigenvalue weighted by Crippen LogP contribution is 2.15. The number of anilines is 1. The van der Waals surface area contributed by atoms with Crippen LogP contribution in [-0.2, 0) is 27.9 Å². The molecule has 0 bridgehead atoms. The number of nitrogens with one attached hydrogen (secondary N) is 3. The number of hydrogen-bond donors (Lipinski definition) is 3. The van der Waals surface area contributed by atoms with Crippen LogP contribution < -0.4 is 16.0 Å². The summed E-state index contributed by atoms with van der Waals surface area (Å²) in [6, 6.07) is 6.53. The normalized spacial score (nSPS) is 10.5. The minimum Gasteiger partial charge on any atom is -0.385 e. The lowest BCUT2D eigenvalue weighted by Crippen LogP contribution is -2.36. The number of ether oxygens (including phenoxy) is 1. The minimum absolute atomic E-state index is 0.194. The third-order valence-corrected chi connectivity index (χ3v) is 4.52. The van der Waals surface area contributed by atoms with Crippen molar-refractivity contribution in [2.24, 2.45) is 7.05 Å². The molecule has 1 aromatic heterocycles. The van der Waals surface area contributed by atoms with Gasteiger partial charge in [0.05, 0.1) is 16.9 Å². The fraction of sp³-hybridized carbons (Fsp3) is 0.400. The van der Waals surface area contributed by atoms with Crippen molar-refractivity contribution in [2.45, 2.75) is 26.8 Å². The Morgan fingerprint density at radius 1 is 1.10 bits per heavy atom. The molecule has 156 valence electrons. The van der Waals surface area contributed by atoms with Crippen molar-refractivity contribution in [3.8, 4) is 0 Å². The quantitative estimate of drug-likeness (QED) is 0.452. The molecule has 0 radical (unpaired) electrons. The van der Waals surface area contributed by atoms with Crippen LogP contribution >= 0.6 is 0 Å². The molecular formula is C20H27N5O4. The van der Waals surface area contributed by atoms with Crippen LogP contribution in [0.15, 0.2) is 24.3 Å². The second-order valence-corrected chi connectivity index (χ2v) is 6.56. The first-order chi connectivity index (χ1) is 13.8. The van der Waals surface area contributed by atoms with E-state index in [0.29, 0.717) is 19.6 Å². The average molecular weight is 401 g/mol. The number of methoxy groups -OCH3 is 1. The van der Waals surface area contributed by atoms with Crippen molar-refractivity contribution in [3.63, 3.8) is 0 Å². The largest absolute Gasteiger partial charge is 0.385 e. The number of para-hydroxylation sites is 1. The number of hydrogen-bond acceptors (Lipinski definition) is 5. The summed E-state index contributed by atoms with van der Waals surface area (Å²) in [5, 5.41) is 12.1. The molecule has 0 aliphatic rings. The Morgan fingerprint density at radius 3 is 2.48 bits per heavy atom. The van der Waals surface area contributed by atoms with Gasteiger partial charge in [0.1, 0.15) is 0 Å². The standard InChI is InChI=1S/C20H27N5O4/c1-13-16(14(2)25(3)24-13)12-22-19(27)20(28)23-17-9-6-5-8-15(17)18(26)21-10-7-11-29-4/h5-6,8-9H,7,10-12H2,1-4H3,(H,21,26)(H,22,27)(H,23,28). The summed E-state index contributed by atoms with van der Waals surface area (Å²) < 4.78 is 6.67. The van der Waals surface area contributed by atoms with E-state index in [-0.39, 0.29) is 23.7 Å². The lowest BCUT2D eigenvalue weighted by molar-refractivity contribution is -0.136. The highest BCUT2D eigenvalue weighted by molar-refractivity contribution is 6.40. The number of carbonyl (C=O) groups excluding carboxylic acids is 3. The molecule has 0 aliphatic heterocycles. The van der Waals surface area contributed by atoms with E-state index >= 15 is 0 Å². The predicted molar refractivity (Wildman–Crippen MR) is 108 cm³/mol. The highest BCUT2D eigenvalue weighted by Gasteiger charge is 2.19. The van der Waals surface area contributed by atoms with Crippen LogP contribution in [0.5, 0.6) is 0 Å². The van der Waals surface area contributed by atoms with Crippen molar-refractivity contribution < 1.29 is 19.1 Å². The van der Waals surface area contributed by atoms with E-state index < -0.39 is 11.8 Å². The van der Waals surface area contributed by atoms with E-state index in [0.717, 1.165) is 17.0 Å². The van der Waals surface area contributed by atoms with Gasteiger partial charge in [0.15, 0.2) is 0 Å². The number of aromatic nitrogens is 2. The van der Waals surface area contributed by atoms with Crippen LogP contribution in [0.2, 0.25) is 0 Å². The smallest absolute Gasteiger partial charge is 0.313 e. The molecule has 9 nitrogen and oxygen atoms in total. The Kier molecular flexibility index (Phi) is 7.90. The van der Waals surface area contributed by atoms with E-state index in [9.17, 15) is 14.4 Å². The lowest BCUT2D eigenvalue weighted by Gasteiger charge is -2.11. The van der Waals surface area contributed by atoms with Crippen molar-refractivity contribution in [1.82, 2.24) is 20.4 Å². The molecule has 2 aromatic rings. The van der Waals surface area contributed by atoms with Gasteiger partial charge in [-0.15, -0.1) is 0 Å². The van der Waals surface area contributed by atoms with Crippen LogP contribution in [-0.4, -0.2) is 47.8 Å². The van der Waals surface area contributed by atoms with Crippen molar-refractivity contribution in [3.05, 3.63) is 46.8 Å². The van der Waals surface area contributed by atoms with Crippen LogP contribution in [0.1, 0.15) is 33.7 Å². The maximum Gasteiger partial charge on any atom is 0.313 e. The monoisotopic (exact) mass is 401 g/mol. The summed E-state index contributed by atoms with van der Waals surface area (Å²) in [7, 11) is 3.41. The molecule has 1 heterocycles. The van der Waals surface area contributed by atoms with Gasteiger partial charge in [-0.05, 0) is 32.4 Å². The number of amides is 3. The first kappa shape index (κ1) is 22.1. The van der Waals surface area contributed by atoms with Gasteiger partial charge in [0.2, 0.25) is 0 Å². The molecule has 0 aliphatic carbocycles. The summed E-state index contributed by atoms with van der Waals surface area (Å²) in [5.41, 5.74) is 3.13. The number of carbonyl (C=O) groups is 3. The van der Waals surface area contributed by atoms with Crippen molar-refractivity contribution in [1.29, 1.82) is 0 Å². The molecule has 0 fully saturated rings. The van der Waals surface area contributed by atoms with E-state index in [1.165, 1.54) is 0 Å². The minimum atomic E-state index is -0.844. The van der Waals surface area contributed by atoms with Gasteiger partial charge in [-0.25, -0.2) is 0 Å². The van der Waals surface area contributed by atoms with E-state index in [1.807, 2.05) is 20.9 Å². The molecular weight excluding hydrogens is 374 g/mol. The molecule has 0 atom stereocenters. The maximum atomic E-state index is 12.4. The summed E-state index contributed by atoms with van der Waals surface area (Å²) in [5.74, 6) is -1.97. The zero-order valence-corrected chi connectivity index (χ0v) is 17.2. The Balaban J connectivity index is 1.97. The molecule has 1 aromatic carbocycles. The van der Waals surface area contributed by atoms with Crippen molar-refractivity contribution >= 4 is 23.4 Å². The zero-order valence-electron chi connectivity index (χ0n) is 17.2. The van der Waals surface area contributed by atoms with Crippen LogP contribution in [0.3, 0.4) is 0 Å². The summed E-state index contributed by atoms with van der Waals surface area (Å²) >= 11 is 0. The third-order valence-electron chi connectivity index (χ3n) is 4.52. The van der Waals surface area contributed by atoms with Gasteiger partial charge < -0.3 is 20.7 Å². The number of benzene rings is 1. The first-order valence-electron chi connectivity index (χ1n) is 9.29. The Bertz CT molecular complexity index is 891. The van der Waals surface area contributed by atoms with Crippen LogP contribution in [0, 0.1) is 13.8 Å². The molecule has 2 rings (SSSR count). The molecule has 0 spiro atoms.